The molecule has 2 N–H and O–H groups in total. The Bertz CT molecular complexity index is 851. The number of methoxy groups -OCH3 is 1. The molecular formula is C23H28FN2O2+. The first kappa shape index (κ1) is 20.3. The lowest BCUT2D eigenvalue weighted by Crippen LogP contribution is -3.10. The van der Waals surface area contributed by atoms with Crippen molar-refractivity contribution < 1.29 is 19.1 Å². The van der Waals surface area contributed by atoms with Crippen molar-refractivity contribution in [1.82, 2.24) is 4.57 Å². The van der Waals surface area contributed by atoms with E-state index in [1.807, 2.05) is 36.5 Å². The number of hydrogen-bond donors (Lipinski definition) is 2. The van der Waals surface area contributed by atoms with Gasteiger partial charge in [-0.3, -0.25) is 0 Å². The quantitative estimate of drug-likeness (QED) is 0.564. The van der Waals surface area contributed by atoms with Crippen LogP contribution in [0.1, 0.15) is 16.8 Å². The minimum absolute atomic E-state index is 0.217. The average Bonchev–Trinajstić information content (AvgIpc) is 3.09. The Labute approximate surface area is 165 Å². The molecule has 0 aliphatic heterocycles. The Kier molecular flexibility index (Phi) is 7.37. The highest BCUT2D eigenvalue weighted by Crippen LogP contribution is 2.09. The monoisotopic (exact) mass is 383 g/mol. The molecule has 28 heavy (non-hydrogen) atoms. The maximum absolute atomic E-state index is 13.5. The van der Waals surface area contributed by atoms with Gasteiger partial charge in [-0.15, -0.1) is 0 Å². The smallest absolute Gasteiger partial charge is 0.126 e. The van der Waals surface area contributed by atoms with Crippen molar-refractivity contribution in [3.63, 3.8) is 0 Å². The molecule has 0 aliphatic rings. The number of aliphatic hydroxyl groups excluding tert-OH is 1. The zero-order valence-electron chi connectivity index (χ0n) is 16.2. The highest BCUT2D eigenvalue weighted by molar-refractivity contribution is 5.19. The van der Waals surface area contributed by atoms with Gasteiger partial charge in [0.1, 0.15) is 31.6 Å². The molecule has 0 bridgehead atoms. The van der Waals surface area contributed by atoms with Crippen LogP contribution in [0.4, 0.5) is 4.39 Å². The summed E-state index contributed by atoms with van der Waals surface area (Å²) in [5.41, 5.74) is 3.31. The minimum atomic E-state index is -0.518. The Balaban J connectivity index is 1.73. The lowest BCUT2D eigenvalue weighted by Gasteiger charge is -2.23. The molecule has 2 atom stereocenters. The van der Waals surface area contributed by atoms with Crippen LogP contribution in [-0.4, -0.2) is 36.0 Å². The van der Waals surface area contributed by atoms with E-state index in [1.165, 1.54) is 16.5 Å². The minimum Gasteiger partial charge on any atom is -0.385 e. The predicted molar refractivity (Wildman–Crippen MR) is 107 cm³/mol. The van der Waals surface area contributed by atoms with Gasteiger partial charge in [-0.05, 0) is 29.8 Å². The third-order valence-electron chi connectivity index (χ3n) is 4.78. The summed E-state index contributed by atoms with van der Waals surface area (Å²) < 4.78 is 20.8. The van der Waals surface area contributed by atoms with Crippen molar-refractivity contribution >= 4 is 0 Å². The molecule has 0 amide bonds. The van der Waals surface area contributed by atoms with E-state index in [4.69, 9.17) is 4.74 Å². The van der Waals surface area contributed by atoms with Gasteiger partial charge in [0.05, 0.1) is 12.3 Å². The highest BCUT2D eigenvalue weighted by Gasteiger charge is 2.18. The lowest BCUT2D eigenvalue weighted by molar-refractivity contribution is -0.931. The zero-order chi connectivity index (χ0) is 19.8. The number of ether oxygens (including phenoxy) is 1. The van der Waals surface area contributed by atoms with Crippen molar-refractivity contribution in [3.8, 4) is 0 Å². The largest absolute Gasteiger partial charge is 0.385 e. The number of benzene rings is 2. The molecule has 0 fully saturated rings. The summed E-state index contributed by atoms with van der Waals surface area (Å²) >= 11 is 0. The number of halogens is 1. The van der Waals surface area contributed by atoms with E-state index in [9.17, 15) is 9.50 Å². The van der Waals surface area contributed by atoms with Crippen LogP contribution in [0, 0.1) is 5.82 Å². The fourth-order valence-corrected chi connectivity index (χ4v) is 3.53. The first-order valence-corrected chi connectivity index (χ1v) is 9.57. The van der Waals surface area contributed by atoms with E-state index >= 15 is 0 Å². The van der Waals surface area contributed by atoms with Crippen LogP contribution in [0.15, 0.2) is 72.9 Å². The second-order valence-electron chi connectivity index (χ2n) is 7.16. The van der Waals surface area contributed by atoms with E-state index < -0.39 is 6.10 Å². The number of aliphatic hydroxyl groups is 1. The van der Waals surface area contributed by atoms with Crippen LogP contribution < -0.4 is 4.90 Å². The number of nitrogens with zero attached hydrogens (tertiary/aromatic N) is 1. The third-order valence-corrected chi connectivity index (χ3v) is 4.78. The number of hydrogen-bond acceptors (Lipinski definition) is 2. The van der Waals surface area contributed by atoms with Gasteiger partial charge in [0.2, 0.25) is 0 Å². The van der Waals surface area contributed by atoms with Crippen molar-refractivity contribution in [3.05, 3.63) is 95.6 Å². The van der Waals surface area contributed by atoms with Crippen LogP contribution in [0.5, 0.6) is 0 Å². The molecule has 0 radical (unpaired) electrons. The van der Waals surface area contributed by atoms with E-state index in [0.29, 0.717) is 19.7 Å². The Hall–Kier alpha value is -2.47. The van der Waals surface area contributed by atoms with Crippen molar-refractivity contribution in [2.45, 2.75) is 25.7 Å². The Morgan fingerprint density at radius 1 is 1.00 bits per heavy atom. The van der Waals surface area contributed by atoms with Crippen LogP contribution in [0.25, 0.3) is 0 Å². The molecule has 2 aromatic carbocycles. The van der Waals surface area contributed by atoms with E-state index in [-0.39, 0.29) is 5.82 Å². The molecule has 0 spiro atoms. The summed E-state index contributed by atoms with van der Waals surface area (Å²) in [5, 5.41) is 10.3. The molecule has 148 valence electrons. The number of quaternary nitrogens is 1. The maximum Gasteiger partial charge on any atom is 0.126 e. The van der Waals surface area contributed by atoms with Gasteiger partial charge in [0, 0.05) is 25.4 Å². The molecule has 0 saturated carbocycles. The van der Waals surface area contributed by atoms with Gasteiger partial charge in [-0.25, -0.2) is 4.39 Å². The summed E-state index contributed by atoms with van der Waals surface area (Å²) in [6.07, 6.45) is 1.50. The number of aromatic nitrogens is 1. The fraction of sp³-hybridized carbons (Fsp3) is 0.304. The second kappa shape index (κ2) is 10.2. The molecule has 4 nitrogen and oxygen atoms in total. The highest BCUT2D eigenvalue weighted by atomic mass is 19.1. The van der Waals surface area contributed by atoms with Gasteiger partial charge in [0.25, 0.3) is 0 Å². The topological polar surface area (TPSA) is 38.8 Å². The van der Waals surface area contributed by atoms with Crippen LogP contribution in [0.2, 0.25) is 0 Å². The summed E-state index contributed by atoms with van der Waals surface area (Å²) in [6, 6.07) is 21.1. The van der Waals surface area contributed by atoms with Crippen LogP contribution >= 0.6 is 0 Å². The van der Waals surface area contributed by atoms with Gasteiger partial charge >= 0.3 is 0 Å². The van der Waals surface area contributed by atoms with Crippen molar-refractivity contribution in [2.75, 3.05) is 20.3 Å². The van der Waals surface area contributed by atoms with Crippen LogP contribution in [-0.2, 0) is 24.4 Å². The number of rotatable bonds is 10. The zero-order valence-corrected chi connectivity index (χ0v) is 16.2. The molecule has 1 aromatic heterocycles. The normalized spacial score (nSPS) is 13.4. The summed E-state index contributed by atoms with van der Waals surface area (Å²) in [5.74, 6) is -0.217. The molecular weight excluding hydrogens is 355 g/mol. The van der Waals surface area contributed by atoms with Crippen LogP contribution in [0.3, 0.4) is 0 Å². The van der Waals surface area contributed by atoms with Gasteiger partial charge < -0.3 is 19.3 Å². The fourth-order valence-electron chi connectivity index (χ4n) is 3.53. The van der Waals surface area contributed by atoms with E-state index in [0.717, 1.165) is 24.3 Å². The lowest BCUT2D eigenvalue weighted by atomic mass is 10.2. The average molecular weight is 383 g/mol. The summed E-state index contributed by atoms with van der Waals surface area (Å²) in [4.78, 5) is 1.25. The van der Waals surface area contributed by atoms with E-state index in [1.54, 1.807) is 19.2 Å². The molecule has 5 heteroatoms. The Morgan fingerprint density at radius 2 is 1.79 bits per heavy atom. The standard InChI is InChI=1S/C23H27FN2O2/c1-28-18-23(27)17-25(14-19-7-3-2-4-8-19)16-22-11-6-12-26(22)15-20-9-5-10-21(24)13-20/h2-13,23,27H,14-18H2,1H3/p+1/t23-/m1/s1. The first-order chi connectivity index (χ1) is 13.6. The second-order valence-corrected chi connectivity index (χ2v) is 7.16. The predicted octanol–water partition coefficient (Wildman–Crippen LogP) is 2.27. The van der Waals surface area contributed by atoms with E-state index in [2.05, 4.69) is 22.8 Å². The molecule has 0 aliphatic carbocycles. The van der Waals surface area contributed by atoms with Crippen molar-refractivity contribution in [1.29, 1.82) is 0 Å². The summed E-state index contributed by atoms with van der Waals surface area (Å²) in [7, 11) is 1.60. The van der Waals surface area contributed by atoms with Gasteiger partial charge in [-0.2, -0.15) is 0 Å². The molecule has 3 aromatic rings. The third kappa shape index (κ3) is 6.02. The molecule has 1 heterocycles. The maximum atomic E-state index is 13.5. The summed E-state index contributed by atoms with van der Waals surface area (Å²) in [6.45, 7) is 3.11. The van der Waals surface area contributed by atoms with Gasteiger partial charge in [0.15, 0.2) is 0 Å². The molecule has 1 unspecified atom stereocenters. The first-order valence-electron chi connectivity index (χ1n) is 9.57. The number of nitrogens with one attached hydrogen (secondary N) is 1. The molecule has 3 rings (SSSR count). The van der Waals surface area contributed by atoms with Crippen molar-refractivity contribution in [2.24, 2.45) is 0 Å². The van der Waals surface area contributed by atoms with Gasteiger partial charge in [-0.1, -0.05) is 42.5 Å². The Morgan fingerprint density at radius 3 is 2.54 bits per heavy atom. The SMILES string of the molecule is COC[C@H](O)C[NH+](Cc1ccccc1)Cc1cccn1Cc1cccc(F)c1. The molecule has 0 saturated heterocycles.